The number of aromatic nitrogens is 1. The first-order chi connectivity index (χ1) is 18.6. The summed E-state index contributed by atoms with van der Waals surface area (Å²) in [6, 6.07) is 29.8. The molecule has 188 valence electrons. The van der Waals surface area contributed by atoms with E-state index in [9.17, 15) is 9.59 Å². The van der Waals surface area contributed by atoms with Crippen molar-refractivity contribution >= 4 is 62.3 Å². The molecule has 7 heteroatoms. The number of ether oxygens (including phenoxy) is 1. The highest BCUT2D eigenvalue weighted by atomic mass is 35.5. The lowest BCUT2D eigenvalue weighted by Crippen LogP contribution is -2.32. The average Bonchev–Trinajstić information content (AvgIpc) is 3.41. The Morgan fingerprint density at radius 3 is 2.42 bits per heavy atom. The minimum Gasteiger partial charge on any atom is -0.492 e. The van der Waals surface area contributed by atoms with Gasteiger partial charge < -0.3 is 9.30 Å². The normalized spacial score (nSPS) is 14.8. The summed E-state index contributed by atoms with van der Waals surface area (Å²) in [5.41, 5.74) is 3.20. The third-order valence-corrected chi connectivity index (χ3v) is 7.76. The van der Waals surface area contributed by atoms with Gasteiger partial charge in [-0.15, -0.1) is 0 Å². The van der Waals surface area contributed by atoms with E-state index in [1.807, 2.05) is 30.3 Å². The lowest BCUT2D eigenvalue weighted by Gasteiger charge is -2.13. The number of para-hydroxylation sites is 1. The zero-order valence-electron chi connectivity index (χ0n) is 20.3. The van der Waals surface area contributed by atoms with E-state index in [0.717, 1.165) is 28.2 Å². The van der Waals surface area contributed by atoms with Gasteiger partial charge in [0.15, 0.2) is 0 Å². The van der Waals surface area contributed by atoms with Crippen molar-refractivity contribution in [3.05, 3.63) is 118 Å². The van der Waals surface area contributed by atoms with Crippen LogP contribution in [0.3, 0.4) is 0 Å². The largest absolute Gasteiger partial charge is 0.492 e. The Kier molecular flexibility index (Phi) is 6.66. The molecule has 6 rings (SSSR count). The maximum Gasteiger partial charge on any atom is 0.293 e. The van der Waals surface area contributed by atoms with Crippen LogP contribution in [0.4, 0.5) is 4.79 Å². The van der Waals surface area contributed by atoms with Crippen LogP contribution in [-0.2, 0) is 11.3 Å². The number of thioether (sulfide) groups is 1. The number of carbonyl (C=O) groups is 2. The minimum atomic E-state index is -0.300. The topological polar surface area (TPSA) is 51.5 Å². The van der Waals surface area contributed by atoms with E-state index < -0.39 is 0 Å². The van der Waals surface area contributed by atoms with Crippen LogP contribution in [0.5, 0.6) is 5.75 Å². The van der Waals surface area contributed by atoms with Crippen LogP contribution in [0.2, 0.25) is 5.02 Å². The Hall–Kier alpha value is -4.00. The highest BCUT2D eigenvalue weighted by Gasteiger charge is 2.35. The summed E-state index contributed by atoms with van der Waals surface area (Å²) in [7, 11) is 0. The summed E-state index contributed by atoms with van der Waals surface area (Å²) >= 11 is 6.87. The smallest absolute Gasteiger partial charge is 0.293 e. The molecule has 1 aliphatic rings. The summed E-state index contributed by atoms with van der Waals surface area (Å²) < 4.78 is 7.89. The van der Waals surface area contributed by atoms with Crippen molar-refractivity contribution in [2.45, 2.75) is 6.54 Å². The molecular formula is C31H23ClN2O3S. The van der Waals surface area contributed by atoms with Gasteiger partial charge in [0.05, 0.1) is 11.4 Å². The Morgan fingerprint density at radius 2 is 1.58 bits per heavy atom. The maximum atomic E-state index is 13.1. The number of halogens is 1. The molecule has 1 aliphatic heterocycles. The monoisotopic (exact) mass is 538 g/mol. The predicted octanol–water partition coefficient (Wildman–Crippen LogP) is 7.61. The Labute approximate surface area is 229 Å². The molecule has 0 N–H and O–H groups in total. The van der Waals surface area contributed by atoms with Crippen molar-refractivity contribution in [1.82, 2.24) is 9.47 Å². The van der Waals surface area contributed by atoms with Gasteiger partial charge in [0.1, 0.15) is 12.4 Å². The summed E-state index contributed by atoms with van der Waals surface area (Å²) in [6.07, 6.45) is 3.89. The Morgan fingerprint density at radius 1 is 0.842 bits per heavy atom. The van der Waals surface area contributed by atoms with Gasteiger partial charge in [-0.1, -0.05) is 72.3 Å². The second-order valence-corrected chi connectivity index (χ2v) is 10.4. The van der Waals surface area contributed by atoms with Gasteiger partial charge in [0.2, 0.25) is 0 Å². The van der Waals surface area contributed by atoms with Gasteiger partial charge in [-0.2, -0.15) is 0 Å². The first-order valence-electron chi connectivity index (χ1n) is 12.2. The lowest BCUT2D eigenvalue weighted by atomic mass is 10.0. The fourth-order valence-corrected chi connectivity index (χ4v) is 5.74. The van der Waals surface area contributed by atoms with Crippen molar-refractivity contribution in [3.8, 4) is 5.75 Å². The molecular weight excluding hydrogens is 516 g/mol. The molecule has 0 aliphatic carbocycles. The third-order valence-electron chi connectivity index (χ3n) is 6.60. The van der Waals surface area contributed by atoms with Crippen LogP contribution < -0.4 is 4.74 Å². The molecule has 1 aromatic heterocycles. The number of imide groups is 1. The highest BCUT2D eigenvalue weighted by molar-refractivity contribution is 8.18. The van der Waals surface area contributed by atoms with E-state index in [0.29, 0.717) is 22.2 Å². The van der Waals surface area contributed by atoms with Gasteiger partial charge in [0.25, 0.3) is 11.1 Å². The molecule has 0 bridgehead atoms. The fourth-order valence-electron chi connectivity index (χ4n) is 4.75. The molecule has 4 aromatic carbocycles. The lowest BCUT2D eigenvalue weighted by molar-refractivity contribution is -0.123. The van der Waals surface area contributed by atoms with Gasteiger partial charge in [0, 0.05) is 34.2 Å². The summed E-state index contributed by atoms with van der Waals surface area (Å²) in [5.74, 6) is 0.335. The number of rotatable bonds is 7. The number of fused-ring (bicyclic) bond motifs is 2. The molecule has 0 spiro atoms. The predicted molar refractivity (Wildman–Crippen MR) is 155 cm³/mol. The SMILES string of the molecule is O=C1S/C(=C\c2cn(Cc3cccc4ccccc34)c3ccccc23)C(=O)N1CCOc1ccc(Cl)cc1. The molecule has 1 saturated heterocycles. The van der Waals surface area contributed by atoms with E-state index in [4.69, 9.17) is 16.3 Å². The summed E-state index contributed by atoms with van der Waals surface area (Å²) in [5, 5.41) is 3.78. The third kappa shape index (κ3) is 4.80. The number of hydrogen-bond donors (Lipinski definition) is 0. The molecule has 5 aromatic rings. The van der Waals surface area contributed by atoms with E-state index in [1.165, 1.54) is 21.2 Å². The molecule has 0 unspecified atom stereocenters. The van der Waals surface area contributed by atoms with Gasteiger partial charge in [-0.3, -0.25) is 14.5 Å². The van der Waals surface area contributed by atoms with Crippen LogP contribution in [0.1, 0.15) is 11.1 Å². The van der Waals surface area contributed by atoms with E-state index in [-0.39, 0.29) is 24.3 Å². The molecule has 38 heavy (non-hydrogen) atoms. The number of hydrogen-bond acceptors (Lipinski definition) is 4. The molecule has 5 nitrogen and oxygen atoms in total. The van der Waals surface area contributed by atoms with Crippen LogP contribution in [-0.4, -0.2) is 33.8 Å². The number of benzene rings is 4. The average molecular weight is 539 g/mol. The fraction of sp³-hybridized carbons (Fsp3) is 0.0968. The van der Waals surface area contributed by atoms with Crippen molar-refractivity contribution in [2.75, 3.05) is 13.2 Å². The molecule has 0 radical (unpaired) electrons. The van der Waals surface area contributed by atoms with E-state index in [2.05, 4.69) is 53.2 Å². The molecule has 0 atom stereocenters. The summed E-state index contributed by atoms with van der Waals surface area (Å²) in [6.45, 7) is 1.07. The molecule has 0 saturated carbocycles. The zero-order valence-corrected chi connectivity index (χ0v) is 21.9. The first-order valence-corrected chi connectivity index (χ1v) is 13.4. The van der Waals surface area contributed by atoms with Crippen molar-refractivity contribution in [2.24, 2.45) is 0 Å². The van der Waals surface area contributed by atoms with Crippen LogP contribution in [0.15, 0.2) is 102 Å². The van der Waals surface area contributed by atoms with Crippen LogP contribution in [0, 0.1) is 0 Å². The van der Waals surface area contributed by atoms with E-state index >= 15 is 0 Å². The molecule has 2 amide bonds. The Bertz CT molecular complexity index is 1700. The van der Waals surface area contributed by atoms with Crippen molar-refractivity contribution in [1.29, 1.82) is 0 Å². The van der Waals surface area contributed by atoms with Crippen molar-refractivity contribution in [3.63, 3.8) is 0 Å². The maximum absolute atomic E-state index is 13.1. The van der Waals surface area contributed by atoms with Crippen LogP contribution in [0.25, 0.3) is 27.8 Å². The van der Waals surface area contributed by atoms with E-state index in [1.54, 1.807) is 24.3 Å². The summed E-state index contributed by atoms with van der Waals surface area (Å²) in [4.78, 5) is 27.4. The second-order valence-electron chi connectivity index (χ2n) is 9.00. The standard InChI is InChI=1S/C31H23ClN2O3S/c32-24-12-14-25(15-13-24)37-17-16-34-30(35)29(38-31(34)36)18-23-20-33(28-11-4-3-10-27(23)28)19-22-8-5-7-21-6-1-2-9-26(21)22/h1-15,18,20H,16-17,19H2/b29-18-. The number of amides is 2. The minimum absolute atomic E-state index is 0.174. The number of nitrogens with zero attached hydrogens (tertiary/aromatic N) is 2. The van der Waals surface area contributed by atoms with Gasteiger partial charge >= 0.3 is 0 Å². The highest BCUT2D eigenvalue weighted by Crippen LogP contribution is 2.34. The van der Waals surface area contributed by atoms with Gasteiger partial charge in [-0.05, 0) is 64.5 Å². The Balaban J connectivity index is 1.24. The van der Waals surface area contributed by atoms with Gasteiger partial charge in [-0.25, -0.2) is 0 Å². The molecule has 2 heterocycles. The van der Waals surface area contributed by atoms with Crippen molar-refractivity contribution < 1.29 is 14.3 Å². The second kappa shape index (κ2) is 10.4. The first kappa shape index (κ1) is 24.3. The quantitative estimate of drug-likeness (QED) is 0.200. The number of carbonyl (C=O) groups excluding carboxylic acids is 2. The van der Waals surface area contributed by atoms with Crippen LogP contribution >= 0.6 is 23.4 Å². The zero-order chi connectivity index (χ0) is 26.1. The molecule has 1 fully saturated rings.